The van der Waals surface area contributed by atoms with Crippen LogP contribution in [-0.2, 0) is 0 Å². The van der Waals surface area contributed by atoms with Gasteiger partial charge in [0.15, 0.2) is 0 Å². The standard InChI is InChI=1S/C23H30N2O.2ClH/c1-24-16-18-25(19-17-24)15-7-8-20-26-23-12-6-5-11-22(23)14-13-21-9-3-2-4-10-21;;/h2-6,9-14H,7-8,15-20H2,1H3;2*1H. The Balaban J connectivity index is 0.00000196. The molecule has 0 unspecified atom stereocenters. The number of hydrogen-bond acceptors (Lipinski definition) is 3. The molecule has 154 valence electrons. The highest BCUT2D eigenvalue weighted by Gasteiger charge is 2.12. The number of halogens is 2. The highest BCUT2D eigenvalue weighted by Crippen LogP contribution is 2.21. The number of piperazine rings is 1. The summed E-state index contributed by atoms with van der Waals surface area (Å²) in [6.45, 7) is 6.75. The van der Waals surface area contributed by atoms with Crippen molar-refractivity contribution >= 4 is 37.0 Å². The van der Waals surface area contributed by atoms with E-state index in [0.29, 0.717) is 0 Å². The molecule has 28 heavy (non-hydrogen) atoms. The Morgan fingerprint density at radius 3 is 2.25 bits per heavy atom. The molecule has 0 aliphatic carbocycles. The molecule has 0 amide bonds. The molecule has 1 saturated heterocycles. The molecule has 2 aromatic carbocycles. The predicted molar refractivity (Wildman–Crippen MR) is 125 cm³/mol. The first-order valence-corrected chi connectivity index (χ1v) is 9.67. The van der Waals surface area contributed by atoms with E-state index >= 15 is 0 Å². The maximum absolute atomic E-state index is 6.05. The van der Waals surface area contributed by atoms with E-state index in [4.69, 9.17) is 4.74 Å². The molecule has 3 rings (SSSR count). The van der Waals surface area contributed by atoms with E-state index in [2.05, 4.69) is 71.5 Å². The molecule has 0 bridgehead atoms. The molecular weight excluding hydrogens is 391 g/mol. The molecule has 0 atom stereocenters. The van der Waals surface area contributed by atoms with Gasteiger partial charge in [-0.25, -0.2) is 0 Å². The number of unbranched alkanes of at least 4 members (excludes halogenated alkanes) is 1. The molecule has 0 spiro atoms. The van der Waals surface area contributed by atoms with E-state index in [9.17, 15) is 0 Å². The van der Waals surface area contributed by atoms with Crippen LogP contribution in [0.5, 0.6) is 5.75 Å². The fourth-order valence-corrected chi connectivity index (χ4v) is 3.19. The molecule has 0 saturated carbocycles. The molecule has 0 radical (unpaired) electrons. The van der Waals surface area contributed by atoms with Gasteiger partial charge in [0.25, 0.3) is 0 Å². The maximum atomic E-state index is 6.05. The van der Waals surface area contributed by atoms with Crippen molar-refractivity contribution in [3.05, 3.63) is 65.7 Å². The quantitative estimate of drug-likeness (QED) is 0.434. The summed E-state index contributed by atoms with van der Waals surface area (Å²) in [5.74, 6) is 0.972. The van der Waals surface area contributed by atoms with Gasteiger partial charge in [0.05, 0.1) is 6.61 Å². The van der Waals surface area contributed by atoms with E-state index in [1.165, 1.54) is 44.7 Å². The number of para-hydroxylation sites is 1. The second-order valence-electron chi connectivity index (χ2n) is 6.98. The summed E-state index contributed by atoms with van der Waals surface area (Å²) < 4.78 is 6.05. The molecule has 2 aromatic rings. The molecule has 1 fully saturated rings. The van der Waals surface area contributed by atoms with Crippen molar-refractivity contribution < 1.29 is 4.74 Å². The number of nitrogens with zero attached hydrogens (tertiary/aromatic N) is 2. The van der Waals surface area contributed by atoms with Crippen molar-refractivity contribution in [3.8, 4) is 5.75 Å². The van der Waals surface area contributed by atoms with Gasteiger partial charge in [-0.05, 0) is 38.1 Å². The van der Waals surface area contributed by atoms with Crippen LogP contribution in [0.25, 0.3) is 12.2 Å². The first-order chi connectivity index (χ1) is 12.8. The molecule has 1 aliphatic rings. The molecular formula is C23H32Cl2N2O. The monoisotopic (exact) mass is 422 g/mol. The van der Waals surface area contributed by atoms with Crippen LogP contribution < -0.4 is 4.74 Å². The van der Waals surface area contributed by atoms with Gasteiger partial charge in [-0.2, -0.15) is 0 Å². The van der Waals surface area contributed by atoms with Gasteiger partial charge in [-0.3, -0.25) is 0 Å². The van der Waals surface area contributed by atoms with E-state index in [-0.39, 0.29) is 24.8 Å². The van der Waals surface area contributed by atoms with Crippen LogP contribution in [0.4, 0.5) is 0 Å². The van der Waals surface area contributed by atoms with Gasteiger partial charge in [0.2, 0.25) is 0 Å². The fourth-order valence-electron chi connectivity index (χ4n) is 3.19. The van der Waals surface area contributed by atoms with Crippen molar-refractivity contribution in [3.63, 3.8) is 0 Å². The van der Waals surface area contributed by atoms with Crippen LogP contribution in [0.2, 0.25) is 0 Å². The van der Waals surface area contributed by atoms with Crippen molar-refractivity contribution in [2.45, 2.75) is 12.8 Å². The number of hydrogen-bond donors (Lipinski definition) is 0. The minimum atomic E-state index is 0. The lowest BCUT2D eigenvalue weighted by Crippen LogP contribution is -2.44. The van der Waals surface area contributed by atoms with Crippen molar-refractivity contribution in [1.82, 2.24) is 9.80 Å². The van der Waals surface area contributed by atoms with Gasteiger partial charge in [-0.1, -0.05) is 60.7 Å². The van der Waals surface area contributed by atoms with Crippen molar-refractivity contribution in [2.24, 2.45) is 0 Å². The van der Waals surface area contributed by atoms with Crippen LogP contribution in [0.1, 0.15) is 24.0 Å². The molecule has 0 aromatic heterocycles. The van der Waals surface area contributed by atoms with Crippen molar-refractivity contribution in [1.29, 1.82) is 0 Å². The lowest BCUT2D eigenvalue weighted by atomic mass is 10.1. The van der Waals surface area contributed by atoms with Crippen LogP contribution >= 0.6 is 24.8 Å². The molecule has 3 nitrogen and oxygen atoms in total. The Bertz CT molecular complexity index is 686. The minimum absolute atomic E-state index is 0. The SMILES string of the molecule is CN1CCN(CCCCOc2ccccc2C=Cc2ccccc2)CC1.Cl.Cl. The lowest BCUT2D eigenvalue weighted by molar-refractivity contribution is 0.150. The van der Waals surface area contributed by atoms with Crippen LogP contribution in [-0.4, -0.2) is 56.2 Å². The molecule has 0 N–H and O–H groups in total. The average molecular weight is 423 g/mol. The first kappa shape index (κ1) is 24.5. The zero-order chi connectivity index (χ0) is 18.0. The van der Waals surface area contributed by atoms with E-state index in [1.807, 2.05) is 12.1 Å². The topological polar surface area (TPSA) is 15.7 Å². The Hall–Kier alpha value is -1.52. The second-order valence-corrected chi connectivity index (χ2v) is 6.98. The highest BCUT2D eigenvalue weighted by atomic mass is 35.5. The van der Waals surface area contributed by atoms with Crippen LogP contribution in [0.3, 0.4) is 0 Å². The number of rotatable bonds is 8. The molecule has 5 heteroatoms. The summed E-state index contributed by atoms with van der Waals surface area (Å²) in [4.78, 5) is 4.97. The third kappa shape index (κ3) is 8.24. The predicted octanol–water partition coefficient (Wildman–Crippen LogP) is 5.11. The lowest BCUT2D eigenvalue weighted by Gasteiger charge is -2.32. The Morgan fingerprint density at radius 2 is 1.50 bits per heavy atom. The summed E-state index contributed by atoms with van der Waals surface area (Å²) in [6.07, 6.45) is 6.57. The van der Waals surface area contributed by atoms with Gasteiger partial charge in [0, 0.05) is 31.7 Å². The summed E-state index contributed by atoms with van der Waals surface area (Å²) >= 11 is 0. The van der Waals surface area contributed by atoms with Crippen LogP contribution in [0, 0.1) is 0 Å². The Labute approximate surface area is 182 Å². The summed E-state index contributed by atoms with van der Waals surface area (Å²) in [5, 5.41) is 0. The Morgan fingerprint density at radius 1 is 0.821 bits per heavy atom. The average Bonchev–Trinajstić information content (AvgIpc) is 2.69. The van der Waals surface area contributed by atoms with Gasteiger partial charge < -0.3 is 14.5 Å². The van der Waals surface area contributed by atoms with Gasteiger partial charge in [0.1, 0.15) is 5.75 Å². The highest BCUT2D eigenvalue weighted by molar-refractivity contribution is 5.85. The third-order valence-electron chi connectivity index (χ3n) is 4.90. The second kappa shape index (κ2) is 13.6. The number of ether oxygens (including phenoxy) is 1. The maximum Gasteiger partial charge on any atom is 0.126 e. The van der Waals surface area contributed by atoms with Gasteiger partial charge in [-0.15, -0.1) is 24.8 Å². The summed E-state index contributed by atoms with van der Waals surface area (Å²) in [6, 6.07) is 18.6. The number of likely N-dealkylation sites (N-methyl/N-ethyl adjacent to an activating group) is 1. The zero-order valence-electron chi connectivity index (χ0n) is 16.6. The molecule has 1 heterocycles. The molecule has 1 aliphatic heterocycles. The van der Waals surface area contributed by atoms with E-state index < -0.39 is 0 Å². The largest absolute Gasteiger partial charge is 0.493 e. The van der Waals surface area contributed by atoms with E-state index in [0.717, 1.165) is 24.3 Å². The van der Waals surface area contributed by atoms with Crippen LogP contribution in [0.15, 0.2) is 54.6 Å². The Kier molecular flexibility index (Phi) is 11.9. The van der Waals surface area contributed by atoms with Crippen molar-refractivity contribution in [2.75, 3.05) is 46.4 Å². The summed E-state index contributed by atoms with van der Waals surface area (Å²) in [7, 11) is 2.20. The third-order valence-corrected chi connectivity index (χ3v) is 4.90. The van der Waals surface area contributed by atoms with E-state index in [1.54, 1.807) is 0 Å². The first-order valence-electron chi connectivity index (χ1n) is 9.67. The smallest absolute Gasteiger partial charge is 0.126 e. The zero-order valence-corrected chi connectivity index (χ0v) is 18.3. The number of benzene rings is 2. The normalized spacial score (nSPS) is 15.0. The minimum Gasteiger partial charge on any atom is -0.493 e. The summed E-state index contributed by atoms with van der Waals surface area (Å²) in [5.41, 5.74) is 2.34. The van der Waals surface area contributed by atoms with Gasteiger partial charge >= 0.3 is 0 Å². The fraction of sp³-hybridized carbons (Fsp3) is 0.391.